The molecule has 12 nitrogen and oxygen atoms in total. The van der Waals surface area contributed by atoms with Crippen molar-refractivity contribution in [2.24, 2.45) is 0 Å². The maximum absolute atomic E-state index is 11.9. The van der Waals surface area contributed by atoms with Gasteiger partial charge in [-0.3, -0.25) is 0 Å². The Kier molecular flexibility index (Phi) is 13.2. The number of rotatable bonds is 18. The number of esters is 2. The summed E-state index contributed by atoms with van der Waals surface area (Å²) in [6.07, 6.45) is 0.806. The van der Waals surface area contributed by atoms with E-state index in [1.165, 1.54) is 0 Å². The summed E-state index contributed by atoms with van der Waals surface area (Å²) >= 11 is 0. The van der Waals surface area contributed by atoms with Crippen LogP contribution >= 0.6 is 0 Å². The van der Waals surface area contributed by atoms with E-state index in [2.05, 4.69) is 48.1 Å². The summed E-state index contributed by atoms with van der Waals surface area (Å²) in [5.74, 6) is 0.0877. The van der Waals surface area contributed by atoms with E-state index in [1.54, 1.807) is 0 Å². The van der Waals surface area contributed by atoms with Crippen molar-refractivity contribution >= 4 is 24.1 Å². The van der Waals surface area contributed by atoms with Gasteiger partial charge in [0.25, 0.3) is 0 Å². The van der Waals surface area contributed by atoms with Gasteiger partial charge in [-0.25, -0.2) is 19.2 Å². The lowest BCUT2D eigenvalue weighted by Gasteiger charge is -2.34. The number of benzene rings is 4. The largest absolute Gasteiger partial charge is 0.490 e. The molecule has 0 spiro atoms. The van der Waals surface area contributed by atoms with Gasteiger partial charge in [-0.1, -0.05) is 86.0 Å². The van der Waals surface area contributed by atoms with Gasteiger partial charge in [-0.05, 0) is 57.6 Å². The average molecular weight is 725 g/mol. The van der Waals surface area contributed by atoms with Crippen molar-refractivity contribution in [2.45, 2.75) is 5.41 Å². The lowest BCUT2D eigenvalue weighted by atomic mass is 9.68. The van der Waals surface area contributed by atoms with Crippen molar-refractivity contribution in [2.75, 3.05) is 52.7 Å². The van der Waals surface area contributed by atoms with Crippen LogP contribution in [-0.4, -0.2) is 76.9 Å². The maximum atomic E-state index is 11.9. The number of nitrogens with one attached hydrogen (secondary N) is 2. The minimum atomic E-state index is -0.646. The van der Waals surface area contributed by atoms with Crippen molar-refractivity contribution in [1.82, 2.24) is 10.6 Å². The number of fused-ring (bicyclic) bond motifs is 3. The Balaban J connectivity index is 0.00000406. The molecule has 2 N–H and O–H groups in total. The van der Waals surface area contributed by atoms with Crippen molar-refractivity contribution < 1.29 is 50.5 Å². The highest BCUT2D eigenvalue weighted by Crippen LogP contribution is 2.56. The molecule has 0 radical (unpaired) electrons. The second kappa shape index (κ2) is 18.6. The molecule has 53 heavy (non-hydrogen) atoms. The zero-order valence-corrected chi connectivity index (χ0v) is 29.0. The molecule has 0 aromatic heterocycles. The van der Waals surface area contributed by atoms with Crippen LogP contribution in [-0.2, 0) is 34.0 Å². The Morgan fingerprint density at radius 1 is 0.528 bits per heavy atom. The molecular weight excluding hydrogens is 680 g/mol. The first-order chi connectivity index (χ1) is 25.9. The molecule has 0 saturated carbocycles. The van der Waals surface area contributed by atoms with Gasteiger partial charge in [0.2, 0.25) is 0 Å². The highest BCUT2D eigenvalue weighted by molar-refractivity contribution is 5.86. The molecule has 0 saturated heterocycles. The second-order valence-electron chi connectivity index (χ2n) is 11.5. The Bertz CT molecular complexity index is 1780. The predicted octanol–water partition coefficient (Wildman–Crippen LogP) is 6.21. The topological polar surface area (TPSA) is 148 Å². The number of ether oxygens (including phenoxy) is 6. The molecule has 0 atom stereocenters. The van der Waals surface area contributed by atoms with E-state index in [0.717, 1.165) is 45.5 Å². The Hall–Kier alpha value is -6.56. The number of carbonyl (C=O) groups is 4. The van der Waals surface area contributed by atoms with E-state index in [9.17, 15) is 19.2 Å². The Labute approximate surface area is 310 Å². The quantitative estimate of drug-likeness (QED) is 0.0463. The highest BCUT2D eigenvalue weighted by Gasteiger charge is 2.45. The van der Waals surface area contributed by atoms with Crippen LogP contribution in [0.3, 0.4) is 0 Å². The summed E-state index contributed by atoms with van der Waals surface area (Å²) in [5.41, 5.74) is 5.98. The monoisotopic (exact) mass is 724 g/mol. The first-order valence-electron chi connectivity index (χ1n) is 16.9. The van der Waals surface area contributed by atoms with Crippen molar-refractivity contribution in [3.63, 3.8) is 0 Å². The molecule has 0 heterocycles. The van der Waals surface area contributed by atoms with Gasteiger partial charge in [0.15, 0.2) is 0 Å². The zero-order valence-electron chi connectivity index (χ0n) is 29.0. The Morgan fingerprint density at radius 3 is 1.32 bits per heavy atom. The first kappa shape index (κ1) is 37.7. The van der Waals surface area contributed by atoms with Crippen molar-refractivity contribution in [3.8, 4) is 22.6 Å². The standard InChI is InChI=1S/C41H40N2O10.2H2/c1-3-37(44)50-23-21-42-39(46)52-27-25-48-31-17-13-29(14-18-31)41(35-11-7-5-9-33(35)34-10-6-8-12-36(34)41)30-15-19-32(20-16-30)49-26-28-53-40(47)43-22-24-51-38(45)4-2;;/h3-20H,1-2,21-28H2,(H,42,46)(H,43,47);2*1H. The van der Waals surface area contributed by atoms with Gasteiger partial charge >= 0.3 is 24.1 Å². The number of alkyl carbamates (subject to hydrolysis) is 2. The molecular formula is C41H44N2O10. The molecule has 0 fully saturated rings. The van der Waals surface area contributed by atoms with Crippen LogP contribution in [0.4, 0.5) is 9.59 Å². The van der Waals surface area contributed by atoms with Gasteiger partial charge in [-0.15, -0.1) is 0 Å². The van der Waals surface area contributed by atoms with Crippen LogP contribution < -0.4 is 20.1 Å². The van der Waals surface area contributed by atoms with Crippen LogP contribution in [0, 0.1) is 0 Å². The smallest absolute Gasteiger partial charge is 0.407 e. The fourth-order valence-corrected chi connectivity index (χ4v) is 6.04. The van der Waals surface area contributed by atoms with E-state index >= 15 is 0 Å². The summed E-state index contributed by atoms with van der Waals surface area (Å²) in [5, 5.41) is 4.99. The number of hydrogen-bond donors (Lipinski definition) is 2. The van der Waals surface area contributed by atoms with Gasteiger partial charge < -0.3 is 39.1 Å². The molecule has 1 aliphatic carbocycles. The highest BCUT2D eigenvalue weighted by atomic mass is 16.6. The van der Waals surface area contributed by atoms with E-state index in [4.69, 9.17) is 28.4 Å². The van der Waals surface area contributed by atoms with Crippen LogP contribution in [0.5, 0.6) is 11.5 Å². The van der Waals surface area contributed by atoms with Crippen molar-refractivity contribution in [1.29, 1.82) is 0 Å². The molecule has 12 heteroatoms. The molecule has 5 rings (SSSR count). The van der Waals surface area contributed by atoms with Gasteiger partial charge in [-0.2, -0.15) is 0 Å². The number of hydrogen-bond acceptors (Lipinski definition) is 10. The van der Waals surface area contributed by atoms with Gasteiger partial charge in [0, 0.05) is 15.0 Å². The fraction of sp³-hybridized carbons (Fsp3) is 0.220. The Morgan fingerprint density at radius 2 is 0.925 bits per heavy atom. The van der Waals surface area contributed by atoms with Crippen molar-refractivity contribution in [3.05, 3.63) is 145 Å². The maximum Gasteiger partial charge on any atom is 0.407 e. The third-order valence-corrected chi connectivity index (χ3v) is 8.26. The molecule has 0 aliphatic heterocycles. The molecule has 4 aromatic rings. The van der Waals surface area contributed by atoms with Gasteiger partial charge in [0.1, 0.15) is 51.1 Å². The lowest BCUT2D eigenvalue weighted by molar-refractivity contribution is -0.138. The molecule has 1 aliphatic rings. The summed E-state index contributed by atoms with van der Waals surface area (Å²) in [4.78, 5) is 46.0. The third-order valence-electron chi connectivity index (χ3n) is 8.26. The van der Waals surface area contributed by atoms with Crippen LogP contribution in [0.15, 0.2) is 122 Å². The lowest BCUT2D eigenvalue weighted by Crippen LogP contribution is -2.29. The number of carbonyl (C=O) groups excluding carboxylic acids is 4. The molecule has 2 amide bonds. The first-order valence-corrected chi connectivity index (χ1v) is 16.9. The fourth-order valence-electron chi connectivity index (χ4n) is 6.04. The molecule has 4 aromatic carbocycles. The predicted molar refractivity (Wildman–Crippen MR) is 200 cm³/mol. The van der Waals surface area contributed by atoms with Crippen LogP contribution in [0.2, 0.25) is 0 Å². The van der Waals surface area contributed by atoms with E-state index in [1.807, 2.05) is 72.8 Å². The summed E-state index contributed by atoms with van der Waals surface area (Å²) in [6.45, 7) is 7.18. The normalized spacial score (nSPS) is 11.8. The minimum absolute atomic E-state index is 0. The van der Waals surface area contributed by atoms with E-state index < -0.39 is 29.5 Å². The summed E-state index contributed by atoms with van der Waals surface area (Å²) in [7, 11) is 0. The van der Waals surface area contributed by atoms with Crippen LogP contribution in [0.25, 0.3) is 11.1 Å². The van der Waals surface area contributed by atoms with E-state index in [-0.39, 0.29) is 55.6 Å². The molecule has 0 unspecified atom stereocenters. The van der Waals surface area contributed by atoms with Crippen LogP contribution in [0.1, 0.15) is 25.1 Å². The average Bonchev–Trinajstić information content (AvgIpc) is 3.49. The molecule has 0 bridgehead atoms. The minimum Gasteiger partial charge on any atom is -0.490 e. The third kappa shape index (κ3) is 9.41. The SMILES string of the molecule is C=CC(=O)OCCNC(=O)OCCOc1ccc(C2(c3ccc(OCCOC(=O)NCCOC(=O)C=C)cc3)c3ccccc3-c3ccccc32)cc1.[HH].[HH]. The van der Waals surface area contributed by atoms with E-state index in [0.29, 0.717) is 11.5 Å². The van der Waals surface area contributed by atoms with Gasteiger partial charge in [0.05, 0.1) is 18.5 Å². The second-order valence-corrected chi connectivity index (χ2v) is 11.5. The zero-order chi connectivity index (χ0) is 37.5. The molecule has 278 valence electrons. The summed E-state index contributed by atoms with van der Waals surface area (Å²) in [6, 6.07) is 32.5. The number of amides is 2. The summed E-state index contributed by atoms with van der Waals surface area (Å²) < 4.78 is 31.7.